The molecule has 0 spiro atoms. The molecule has 1 aromatic heterocycles. The van der Waals surface area contributed by atoms with Gasteiger partial charge in [-0.2, -0.15) is 4.98 Å². The Morgan fingerprint density at radius 2 is 1.86 bits per heavy atom. The maximum atomic E-state index is 13.0. The highest BCUT2D eigenvalue weighted by Crippen LogP contribution is 2.33. The van der Waals surface area contributed by atoms with Crippen LogP contribution >= 0.6 is 0 Å². The van der Waals surface area contributed by atoms with E-state index in [-0.39, 0.29) is 37.7 Å². The molecule has 1 aliphatic rings. The van der Waals surface area contributed by atoms with Gasteiger partial charge in [-0.1, -0.05) is 18.2 Å². The third-order valence-corrected chi connectivity index (χ3v) is 5.69. The average molecular weight is 518 g/mol. The highest BCUT2D eigenvalue weighted by atomic mass is 16.6. The summed E-state index contributed by atoms with van der Waals surface area (Å²) in [4.78, 5) is 53.1. The number of carbonyl (C=O) groups is 3. The van der Waals surface area contributed by atoms with Gasteiger partial charge in [0, 0.05) is 30.9 Å². The van der Waals surface area contributed by atoms with Crippen LogP contribution < -0.4 is 11.0 Å². The number of ether oxygens (including phenoxy) is 4. The summed E-state index contributed by atoms with van der Waals surface area (Å²) in [5.74, 6) is -1.18. The van der Waals surface area contributed by atoms with E-state index in [1.54, 1.807) is 37.3 Å². The van der Waals surface area contributed by atoms with Crippen molar-refractivity contribution in [1.29, 1.82) is 0 Å². The summed E-state index contributed by atoms with van der Waals surface area (Å²) in [7, 11) is 1.49. The normalized spacial score (nSPS) is 21.0. The number of methoxy groups -OCH3 is 1. The number of esters is 1. The Bertz CT molecular complexity index is 1150. The lowest BCUT2D eigenvalue weighted by atomic mass is 10.1. The second kappa shape index (κ2) is 13.2. The average Bonchev–Trinajstić information content (AvgIpc) is 3.22. The lowest BCUT2D eigenvalue weighted by molar-refractivity contribution is -0.159. The third kappa shape index (κ3) is 7.29. The molecule has 1 saturated heterocycles. The van der Waals surface area contributed by atoms with Crippen molar-refractivity contribution in [1.82, 2.24) is 9.55 Å². The van der Waals surface area contributed by atoms with E-state index < -0.39 is 48.7 Å². The molecule has 0 aliphatic carbocycles. The minimum absolute atomic E-state index is 0.00751. The highest BCUT2D eigenvalue weighted by Gasteiger charge is 2.49. The maximum Gasteiger partial charge on any atom is 0.351 e. The number of aliphatic hydroxyl groups is 1. The van der Waals surface area contributed by atoms with Crippen molar-refractivity contribution >= 4 is 23.5 Å². The summed E-state index contributed by atoms with van der Waals surface area (Å²) in [6.07, 6.45) is -2.83. The molecule has 4 atom stereocenters. The smallest absolute Gasteiger partial charge is 0.351 e. The fourth-order valence-electron chi connectivity index (χ4n) is 3.80. The summed E-state index contributed by atoms with van der Waals surface area (Å²) in [6.45, 7) is 2.81. The van der Waals surface area contributed by atoms with Gasteiger partial charge in [0.05, 0.1) is 26.2 Å². The van der Waals surface area contributed by atoms with E-state index in [1.807, 2.05) is 0 Å². The summed E-state index contributed by atoms with van der Waals surface area (Å²) in [5, 5.41) is 12.5. The Labute approximate surface area is 213 Å². The third-order valence-electron chi connectivity index (χ3n) is 5.69. The number of hydrogen-bond donors (Lipinski definition) is 2. The van der Waals surface area contributed by atoms with E-state index >= 15 is 0 Å². The van der Waals surface area contributed by atoms with Gasteiger partial charge in [0.1, 0.15) is 23.8 Å². The Hall–Kier alpha value is -3.45. The largest absolute Gasteiger partial charge is 0.456 e. The van der Waals surface area contributed by atoms with Crippen molar-refractivity contribution in [2.75, 3.05) is 32.2 Å². The van der Waals surface area contributed by atoms with E-state index in [9.17, 15) is 24.3 Å². The van der Waals surface area contributed by atoms with Gasteiger partial charge in [-0.25, -0.2) is 4.79 Å². The van der Waals surface area contributed by atoms with Gasteiger partial charge in [-0.3, -0.25) is 14.2 Å². The molecule has 1 amide bonds. The number of aryl methyl sites for hydroxylation is 1. The summed E-state index contributed by atoms with van der Waals surface area (Å²) < 4.78 is 23.5. The number of aromatic nitrogens is 2. The number of hydrogen-bond acceptors (Lipinski definition) is 10. The molecule has 12 nitrogen and oxygen atoms in total. The van der Waals surface area contributed by atoms with Crippen LogP contribution in [0.25, 0.3) is 0 Å². The van der Waals surface area contributed by atoms with Gasteiger partial charge in [-0.15, -0.1) is 0 Å². The Balaban J connectivity index is 1.86. The number of ketones is 1. The lowest BCUT2D eigenvalue weighted by Crippen LogP contribution is -2.41. The number of amides is 1. The Kier molecular flexibility index (Phi) is 10.0. The van der Waals surface area contributed by atoms with Gasteiger partial charge in [-0.05, 0) is 26.0 Å². The Morgan fingerprint density at radius 1 is 1.14 bits per heavy atom. The highest BCUT2D eigenvalue weighted by molar-refractivity contribution is 6.04. The molecule has 1 aliphatic heterocycles. The predicted molar refractivity (Wildman–Crippen MR) is 130 cm³/mol. The lowest BCUT2D eigenvalue weighted by Gasteiger charge is -2.25. The summed E-state index contributed by atoms with van der Waals surface area (Å²) >= 11 is 0. The topological polar surface area (TPSA) is 155 Å². The Morgan fingerprint density at radius 3 is 2.51 bits per heavy atom. The van der Waals surface area contributed by atoms with Crippen molar-refractivity contribution in [2.45, 2.75) is 51.2 Å². The molecule has 1 aromatic carbocycles. The molecule has 2 aromatic rings. The van der Waals surface area contributed by atoms with Crippen molar-refractivity contribution < 1.29 is 38.4 Å². The summed E-state index contributed by atoms with van der Waals surface area (Å²) in [5.41, 5.74) is 0.115. The molecule has 0 radical (unpaired) electrons. The molecular formula is C25H31N3O9. The van der Waals surface area contributed by atoms with Gasteiger partial charge >= 0.3 is 11.7 Å². The fourth-order valence-corrected chi connectivity index (χ4v) is 3.80. The number of carbonyl (C=O) groups excluding carboxylic acids is 3. The van der Waals surface area contributed by atoms with E-state index in [2.05, 4.69) is 10.3 Å². The zero-order chi connectivity index (χ0) is 26.9. The molecule has 0 bridgehead atoms. The van der Waals surface area contributed by atoms with Crippen LogP contribution in [0.4, 0.5) is 5.82 Å². The molecule has 12 heteroatoms. The first-order valence-electron chi connectivity index (χ1n) is 11.8. The van der Waals surface area contributed by atoms with E-state index in [1.165, 1.54) is 20.2 Å². The first kappa shape index (κ1) is 28.1. The molecule has 3 rings (SSSR count). The quantitative estimate of drug-likeness (QED) is 0.308. The van der Waals surface area contributed by atoms with Crippen LogP contribution in [0.1, 0.15) is 41.9 Å². The number of nitrogens with one attached hydrogen (secondary N) is 1. The predicted octanol–water partition coefficient (Wildman–Crippen LogP) is 1.01. The van der Waals surface area contributed by atoms with Crippen molar-refractivity contribution in [2.24, 2.45) is 0 Å². The minimum atomic E-state index is -1.10. The molecular weight excluding hydrogens is 486 g/mol. The molecule has 200 valence electrons. The number of benzene rings is 1. The molecule has 0 unspecified atom stereocenters. The summed E-state index contributed by atoms with van der Waals surface area (Å²) in [6, 6.07) is 8.48. The van der Waals surface area contributed by atoms with Crippen molar-refractivity contribution in [3.8, 4) is 0 Å². The van der Waals surface area contributed by atoms with Crippen LogP contribution in [0.5, 0.6) is 0 Å². The number of aliphatic hydroxyl groups excluding tert-OH is 1. The SMILES string of the molecule is COCCO[C@@H]1[C@H](OC(=O)CCC(C)=O)[C@@H](CO)O[C@H]1n1cc(C)c(NC(=O)c2ccccc2)nc1=O. The van der Waals surface area contributed by atoms with Crippen LogP contribution in [0.3, 0.4) is 0 Å². The minimum Gasteiger partial charge on any atom is -0.456 e. The van der Waals surface area contributed by atoms with Gasteiger partial charge in [0.25, 0.3) is 5.91 Å². The second-order valence-electron chi connectivity index (χ2n) is 8.51. The zero-order valence-corrected chi connectivity index (χ0v) is 20.9. The van der Waals surface area contributed by atoms with Gasteiger partial charge in [0.15, 0.2) is 12.3 Å². The van der Waals surface area contributed by atoms with Crippen LogP contribution in [0.15, 0.2) is 41.3 Å². The van der Waals surface area contributed by atoms with Crippen LogP contribution in [-0.2, 0) is 28.5 Å². The van der Waals surface area contributed by atoms with Crippen LogP contribution in [0.2, 0.25) is 0 Å². The zero-order valence-electron chi connectivity index (χ0n) is 20.9. The van der Waals surface area contributed by atoms with Crippen molar-refractivity contribution in [3.05, 3.63) is 58.1 Å². The number of anilines is 1. The molecule has 2 N–H and O–H groups in total. The van der Waals surface area contributed by atoms with Crippen LogP contribution in [-0.4, -0.2) is 77.6 Å². The monoisotopic (exact) mass is 517 g/mol. The fraction of sp³-hybridized carbons (Fsp3) is 0.480. The standard InChI is InChI=1S/C25H31N3O9/c1-15-13-28(25(33)27-22(15)26-23(32)17-7-5-4-6-8-17)24-21(35-12-11-34-3)20(18(14-29)36-24)37-19(31)10-9-16(2)30/h4-8,13,18,20-21,24,29H,9-12,14H2,1-3H3,(H,26,27,32,33)/t18-,20-,21-,24-/m1/s1. The first-order valence-corrected chi connectivity index (χ1v) is 11.8. The van der Waals surface area contributed by atoms with E-state index in [0.29, 0.717) is 11.1 Å². The first-order chi connectivity index (χ1) is 17.7. The second-order valence-corrected chi connectivity index (χ2v) is 8.51. The molecule has 0 saturated carbocycles. The molecule has 37 heavy (non-hydrogen) atoms. The molecule has 1 fully saturated rings. The number of Topliss-reactive ketones (excluding diaryl/α,β-unsaturated/α-hetero) is 1. The van der Waals surface area contributed by atoms with Gasteiger partial charge in [0.2, 0.25) is 0 Å². The number of rotatable bonds is 12. The number of nitrogens with zero attached hydrogens (tertiary/aromatic N) is 2. The molecule has 2 heterocycles. The van der Waals surface area contributed by atoms with E-state index in [0.717, 1.165) is 4.57 Å². The van der Waals surface area contributed by atoms with Crippen molar-refractivity contribution in [3.63, 3.8) is 0 Å². The van der Waals surface area contributed by atoms with Gasteiger partial charge < -0.3 is 34.2 Å². The van der Waals surface area contributed by atoms with Crippen LogP contribution in [0, 0.1) is 6.92 Å². The maximum absolute atomic E-state index is 13.0. The van der Waals surface area contributed by atoms with E-state index in [4.69, 9.17) is 18.9 Å².